The molecule has 2 nitrogen and oxygen atoms in total. The van der Waals surface area contributed by atoms with Crippen LogP contribution in [0.5, 0.6) is 0 Å². The van der Waals surface area contributed by atoms with Gasteiger partial charge in [-0.05, 0) is 34.5 Å². The van der Waals surface area contributed by atoms with Crippen LogP contribution in [-0.4, -0.2) is 22.5 Å². The highest BCUT2D eigenvalue weighted by Gasteiger charge is 1.99. The predicted octanol–water partition coefficient (Wildman–Crippen LogP) is 2.32. The van der Waals surface area contributed by atoms with E-state index in [9.17, 15) is 0 Å². The highest BCUT2D eigenvalue weighted by atomic mass is 79.9. The lowest BCUT2D eigenvalue weighted by molar-refractivity contribution is 0.296. The summed E-state index contributed by atoms with van der Waals surface area (Å²) in [5.74, 6) is 0.909. The number of halogens is 1. The number of thioether (sulfide) groups is 1. The Hall–Kier alpha value is -0.0600. The number of nitrogens with zero attached hydrogens (tertiary/aromatic N) is 1. The Labute approximate surface area is 84.5 Å². The Balaban J connectivity index is 2.46. The lowest BCUT2D eigenvalue weighted by atomic mass is 10.5. The molecule has 0 unspecified atom stereocenters. The van der Waals surface area contributed by atoms with Crippen LogP contribution < -0.4 is 0 Å². The maximum absolute atomic E-state index is 8.57. The smallest absolute Gasteiger partial charge is 0.110 e. The second-order valence-electron chi connectivity index (χ2n) is 2.22. The number of pyridine rings is 1. The van der Waals surface area contributed by atoms with E-state index in [-0.39, 0.29) is 6.61 Å². The molecule has 0 atom stereocenters. The van der Waals surface area contributed by atoms with Crippen LogP contribution in [0.15, 0.2) is 27.8 Å². The fourth-order valence-corrected chi connectivity index (χ4v) is 2.12. The molecule has 0 aromatic carbocycles. The lowest BCUT2D eigenvalue weighted by Gasteiger charge is -2.00. The summed E-state index contributed by atoms with van der Waals surface area (Å²) in [5, 5.41) is 9.56. The van der Waals surface area contributed by atoms with Gasteiger partial charge in [0.25, 0.3) is 0 Å². The van der Waals surface area contributed by atoms with Crippen LogP contribution in [0.1, 0.15) is 6.42 Å². The van der Waals surface area contributed by atoms with Crippen molar-refractivity contribution in [1.29, 1.82) is 0 Å². The highest BCUT2D eigenvalue weighted by molar-refractivity contribution is 9.10. The molecular formula is C8H10BrNOS. The van der Waals surface area contributed by atoms with E-state index >= 15 is 0 Å². The molecule has 0 fully saturated rings. The number of aliphatic hydroxyl groups excluding tert-OH is 1. The molecule has 66 valence electrons. The van der Waals surface area contributed by atoms with Gasteiger partial charge in [0.1, 0.15) is 5.03 Å². The number of hydrogen-bond donors (Lipinski definition) is 1. The summed E-state index contributed by atoms with van der Waals surface area (Å²) >= 11 is 5.06. The first-order valence-electron chi connectivity index (χ1n) is 3.69. The zero-order chi connectivity index (χ0) is 8.81. The zero-order valence-corrected chi connectivity index (χ0v) is 8.94. The van der Waals surface area contributed by atoms with Gasteiger partial charge < -0.3 is 5.11 Å². The molecule has 0 aliphatic heterocycles. The van der Waals surface area contributed by atoms with Crippen molar-refractivity contribution in [2.45, 2.75) is 11.4 Å². The SMILES string of the molecule is OCCCSc1ncccc1Br. The van der Waals surface area contributed by atoms with Crippen LogP contribution >= 0.6 is 27.7 Å². The van der Waals surface area contributed by atoms with E-state index in [0.29, 0.717) is 0 Å². The van der Waals surface area contributed by atoms with E-state index in [1.165, 1.54) is 0 Å². The van der Waals surface area contributed by atoms with Crippen molar-refractivity contribution in [3.05, 3.63) is 22.8 Å². The standard InChI is InChI=1S/C8H10BrNOS/c9-7-3-1-4-10-8(7)12-6-2-5-11/h1,3-4,11H,2,5-6H2. The molecular weight excluding hydrogens is 238 g/mol. The summed E-state index contributed by atoms with van der Waals surface area (Å²) in [6, 6.07) is 3.86. The van der Waals surface area contributed by atoms with E-state index in [1.807, 2.05) is 12.1 Å². The van der Waals surface area contributed by atoms with Gasteiger partial charge in [-0.25, -0.2) is 4.98 Å². The Morgan fingerprint density at radius 1 is 1.58 bits per heavy atom. The van der Waals surface area contributed by atoms with Gasteiger partial charge in [-0.2, -0.15) is 0 Å². The minimum Gasteiger partial charge on any atom is -0.396 e. The topological polar surface area (TPSA) is 33.1 Å². The lowest BCUT2D eigenvalue weighted by Crippen LogP contribution is -1.87. The summed E-state index contributed by atoms with van der Waals surface area (Å²) in [5.41, 5.74) is 0. The molecule has 0 saturated carbocycles. The molecule has 1 aromatic heterocycles. The first kappa shape index (κ1) is 10.0. The number of hydrogen-bond acceptors (Lipinski definition) is 3. The Morgan fingerprint density at radius 2 is 2.42 bits per heavy atom. The van der Waals surface area contributed by atoms with Crippen molar-refractivity contribution >= 4 is 27.7 Å². The summed E-state index contributed by atoms with van der Waals surface area (Å²) in [7, 11) is 0. The van der Waals surface area contributed by atoms with Gasteiger partial charge in [0.15, 0.2) is 0 Å². The van der Waals surface area contributed by atoms with Crippen molar-refractivity contribution < 1.29 is 5.11 Å². The van der Waals surface area contributed by atoms with Gasteiger partial charge in [-0.1, -0.05) is 0 Å². The Kier molecular flexibility index (Phi) is 4.65. The van der Waals surface area contributed by atoms with Crippen molar-refractivity contribution in [1.82, 2.24) is 4.98 Å². The molecule has 0 aliphatic rings. The fourth-order valence-electron chi connectivity index (χ4n) is 0.711. The first-order chi connectivity index (χ1) is 5.84. The number of rotatable bonds is 4. The van der Waals surface area contributed by atoms with Gasteiger partial charge >= 0.3 is 0 Å². The second kappa shape index (κ2) is 5.56. The van der Waals surface area contributed by atoms with E-state index in [4.69, 9.17) is 5.11 Å². The maximum Gasteiger partial charge on any atom is 0.110 e. The van der Waals surface area contributed by atoms with E-state index in [1.54, 1.807) is 18.0 Å². The average molecular weight is 248 g/mol. The largest absolute Gasteiger partial charge is 0.396 e. The molecule has 0 spiro atoms. The van der Waals surface area contributed by atoms with Gasteiger partial charge in [0.05, 0.1) is 0 Å². The zero-order valence-electron chi connectivity index (χ0n) is 6.53. The van der Waals surface area contributed by atoms with Crippen molar-refractivity contribution in [2.75, 3.05) is 12.4 Å². The third kappa shape index (κ3) is 3.13. The molecule has 0 aliphatic carbocycles. The predicted molar refractivity (Wildman–Crippen MR) is 54.4 cm³/mol. The Bertz CT molecular complexity index is 244. The van der Waals surface area contributed by atoms with Crippen molar-refractivity contribution in [2.24, 2.45) is 0 Å². The monoisotopic (exact) mass is 247 g/mol. The minimum absolute atomic E-state index is 0.247. The molecule has 4 heteroatoms. The molecule has 1 aromatic rings. The van der Waals surface area contributed by atoms with Crippen LogP contribution in [0, 0.1) is 0 Å². The summed E-state index contributed by atoms with van der Waals surface area (Å²) < 4.78 is 1.02. The van der Waals surface area contributed by atoms with E-state index in [2.05, 4.69) is 20.9 Å². The summed E-state index contributed by atoms with van der Waals surface area (Å²) in [6.07, 6.45) is 2.58. The highest BCUT2D eigenvalue weighted by Crippen LogP contribution is 2.24. The first-order valence-corrected chi connectivity index (χ1v) is 5.46. The van der Waals surface area contributed by atoms with Crippen LogP contribution in [0.3, 0.4) is 0 Å². The summed E-state index contributed by atoms with van der Waals surface area (Å²) in [6.45, 7) is 0.247. The average Bonchev–Trinajstić information content (AvgIpc) is 2.09. The second-order valence-corrected chi connectivity index (χ2v) is 4.15. The fraction of sp³-hybridized carbons (Fsp3) is 0.375. The maximum atomic E-state index is 8.57. The normalized spacial score (nSPS) is 10.2. The van der Waals surface area contributed by atoms with Crippen LogP contribution in [0.25, 0.3) is 0 Å². The van der Waals surface area contributed by atoms with Gasteiger partial charge in [0.2, 0.25) is 0 Å². The molecule has 0 amide bonds. The van der Waals surface area contributed by atoms with Crippen LogP contribution in [-0.2, 0) is 0 Å². The van der Waals surface area contributed by atoms with Crippen LogP contribution in [0.2, 0.25) is 0 Å². The van der Waals surface area contributed by atoms with Gasteiger partial charge in [0, 0.05) is 23.0 Å². The van der Waals surface area contributed by atoms with E-state index < -0.39 is 0 Å². The molecule has 0 radical (unpaired) electrons. The molecule has 12 heavy (non-hydrogen) atoms. The molecule has 0 saturated heterocycles. The Morgan fingerprint density at radius 3 is 3.08 bits per heavy atom. The molecule has 1 rings (SSSR count). The minimum atomic E-state index is 0.247. The third-order valence-electron chi connectivity index (χ3n) is 1.27. The number of aliphatic hydroxyl groups is 1. The third-order valence-corrected chi connectivity index (χ3v) is 3.26. The summed E-state index contributed by atoms with van der Waals surface area (Å²) in [4.78, 5) is 4.18. The van der Waals surface area contributed by atoms with Gasteiger partial charge in [-0.15, -0.1) is 11.8 Å². The number of aromatic nitrogens is 1. The molecule has 1 N–H and O–H groups in total. The van der Waals surface area contributed by atoms with E-state index in [0.717, 1.165) is 21.7 Å². The molecule has 0 bridgehead atoms. The quantitative estimate of drug-likeness (QED) is 0.655. The van der Waals surface area contributed by atoms with Crippen LogP contribution in [0.4, 0.5) is 0 Å². The molecule has 1 heterocycles. The van der Waals surface area contributed by atoms with Crippen molar-refractivity contribution in [3.63, 3.8) is 0 Å². The van der Waals surface area contributed by atoms with Gasteiger partial charge in [-0.3, -0.25) is 0 Å². The van der Waals surface area contributed by atoms with Crippen molar-refractivity contribution in [3.8, 4) is 0 Å².